The number of rotatable bonds is 0. The Hall–Kier alpha value is -2.14. The van der Waals surface area contributed by atoms with Gasteiger partial charge in [0, 0.05) is 36.8 Å². The molecule has 0 unspecified atom stereocenters. The van der Waals surface area contributed by atoms with Crippen LogP contribution in [0.5, 0.6) is 0 Å². The van der Waals surface area contributed by atoms with E-state index in [2.05, 4.69) is 72.3 Å². The molecule has 4 aromatic rings. The summed E-state index contributed by atoms with van der Waals surface area (Å²) in [7, 11) is -3.37. The average Bonchev–Trinajstić information content (AvgIpc) is 2.68. The second kappa shape index (κ2) is 13.9. The number of benzene rings is 2. The molecule has 0 aliphatic carbocycles. The van der Waals surface area contributed by atoms with Gasteiger partial charge < -0.3 is 9.79 Å². The molecule has 0 aliphatic heterocycles. The van der Waals surface area contributed by atoms with Crippen molar-refractivity contribution in [3.63, 3.8) is 0 Å². The summed E-state index contributed by atoms with van der Waals surface area (Å²) in [6, 6.07) is 21.0. The smallest absolute Gasteiger partial charge is 0.276 e. The summed E-state index contributed by atoms with van der Waals surface area (Å²) >= 11 is 9.53. The Morgan fingerprint density at radius 2 is 1.03 bits per heavy atom. The first-order chi connectivity index (χ1) is 13.9. The van der Waals surface area contributed by atoms with Crippen molar-refractivity contribution in [2.24, 2.45) is 0 Å². The van der Waals surface area contributed by atoms with E-state index in [9.17, 15) is 0 Å². The molecule has 2 heterocycles. The van der Waals surface area contributed by atoms with Crippen molar-refractivity contribution in [2.45, 2.75) is 13.8 Å². The fourth-order valence-electron chi connectivity index (χ4n) is 2.48. The first kappa shape index (κ1) is 24.9. The summed E-state index contributed by atoms with van der Waals surface area (Å²) in [5.74, 6) is 0. The second-order valence-corrected chi connectivity index (χ2v) is 7.07. The Morgan fingerprint density at radius 3 is 1.34 bits per heavy atom. The van der Waals surface area contributed by atoms with E-state index in [1.807, 2.05) is 24.5 Å². The number of hydrogen-bond acceptors (Lipinski definition) is 3. The predicted octanol–water partition coefficient (Wildman–Crippen LogP) is 3.71. The number of nitrogens with one attached hydrogen (secondary N) is 2. The highest BCUT2D eigenvalue weighted by Crippen LogP contribution is 2.11. The van der Waals surface area contributed by atoms with Crippen molar-refractivity contribution < 1.29 is 24.3 Å². The number of H-pyrrole nitrogens is 2. The number of alkyl halides is 2. The maximum atomic E-state index is 8.48. The largest absolute Gasteiger partial charge is 0.598 e. The molecule has 152 valence electrons. The highest BCUT2D eigenvalue weighted by atomic mass is 35.5. The van der Waals surface area contributed by atoms with Gasteiger partial charge >= 0.3 is 0 Å². The topological polar surface area (TPSA) is 91.5 Å². The molecule has 0 fully saturated rings. The predicted molar refractivity (Wildman–Crippen MR) is 115 cm³/mol. The monoisotopic (exact) mass is 451 g/mol. The summed E-state index contributed by atoms with van der Waals surface area (Å²) in [5.41, 5.74) is 2.40. The average molecular weight is 452 g/mol. The van der Waals surface area contributed by atoms with Crippen molar-refractivity contribution >= 4 is 53.0 Å². The van der Waals surface area contributed by atoms with E-state index in [4.69, 9.17) is 37.6 Å². The third-order valence-electron chi connectivity index (χ3n) is 3.65. The standard InChI is InChI=1S/2C10H9N.CH2Cl2.HO3P/c2*1-8-6-9-4-2-3-5-10(9)7-11-8;2-1-3;1-4(2)3/h2*2-7H,1H3;1H2;(H,1,2,3)/p+1. The van der Waals surface area contributed by atoms with Gasteiger partial charge in [-0.3, -0.25) is 0 Å². The zero-order valence-electron chi connectivity index (χ0n) is 16.1. The van der Waals surface area contributed by atoms with Crippen LogP contribution in [0.15, 0.2) is 73.1 Å². The summed E-state index contributed by atoms with van der Waals surface area (Å²) in [6.45, 7) is 4.12. The van der Waals surface area contributed by atoms with Crippen LogP contribution in [0.25, 0.3) is 21.5 Å². The lowest BCUT2D eigenvalue weighted by atomic mass is 10.1. The molecular formula is C21H22Cl2N2O3P+. The van der Waals surface area contributed by atoms with Crippen LogP contribution in [-0.2, 0) is 4.57 Å². The van der Waals surface area contributed by atoms with E-state index in [0.717, 1.165) is 0 Å². The van der Waals surface area contributed by atoms with Crippen molar-refractivity contribution in [3.05, 3.63) is 84.4 Å². The van der Waals surface area contributed by atoms with E-state index >= 15 is 0 Å². The van der Waals surface area contributed by atoms with Crippen LogP contribution in [0.3, 0.4) is 0 Å². The molecule has 2 aromatic heterocycles. The number of aryl methyl sites for hydroxylation is 2. The van der Waals surface area contributed by atoms with E-state index < -0.39 is 8.25 Å². The van der Waals surface area contributed by atoms with Crippen LogP contribution >= 0.6 is 31.5 Å². The molecular weight excluding hydrogens is 430 g/mol. The molecule has 8 heteroatoms. The molecule has 0 saturated heterocycles. The van der Waals surface area contributed by atoms with Gasteiger partial charge in [-0.1, -0.05) is 41.0 Å². The van der Waals surface area contributed by atoms with Gasteiger partial charge in [0.2, 0.25) is 0 Å². The number of pyridine rings is 2. The Morgan fingerprint density at radius 1 is 0.759 bits per heavy atom. The van der Waals surface area contributed by atoms with Gasteiger partial charge in [-0.25, -0.2) is 9.97 Å². The molecule has 0 aliphatic rings. The minimum absolute atomic E-state index is 0.194. The van der Waals surface area contributed by atoms with Crippen LogP contribution in [0.2, 0.25) is 0 Å². The fourth-order valence-corrected chi connectivity index (χ4v) is 2.48. The molecule has 29 heavy (non-hydrogen) atoms. The quantitative estimate of drug-likeness (QED) is 0.301. The van der Waals surface area contributed by atoms with Crippen LogP contribution < -0.4 is 19.8 Å². The fraction of sp³-hybridized carbons (Fsp3) is 0.143. The molecule has 4 rings (SSSR count). The first-order valence-electron chi connectivity index (χ1n) is 8.55. The minimum Gasteiger partial charge on any atom is -0.598 e. The van der Waals surface area contributed by atoms with Gasteiger partial charge in [0.05, 0.1) is 5.34 Å². The minimum atomic E-state index is -3.37. The molecule has 2 aromatic carbocycles. The Labute approximate surface area is 180 Å². The maximum Gasteiger partial charge on any atom is 0.276 e. The second-order valence-electron chi connectivity index (χ2n) is 5.81. The molecule has 0 amide bonds. The molecule has 0 saturated carbocycles. The SMILES string of the molecule is Cc1cc2ccccc2c[nH+]1.Cc1cc2ccccc2c[nH+]1.ClCCl.O=[P+]([O-])[O-]. The van der Waals surface area contributed by atoms with Crippen molar-refractivity contribution in [1.29, 1.82) is 0 Å². The van der Waals surface area contributed by atoms with Crippen LogP contribution in [0.4, 0.5) is 0 Å². The Kier molecular flexibility index (Phi) is 12.0. The van der Waals surface area contributed by atoms with Crippen LogP contribution in [-0.4, -0.2) is 5.34 Å². The van der Waals surface area contributed by atoms with Crippen LogP contribution in [0.1, 0.15) is 11.4 Å². The molecule has 5 nitrogen and oxygen atoms in total. The number of fused-ring (bicyclic) bond motifs is 2. The summed E-state index contributed by atoms with van der Waals surface area (Å²) < 4.78 is 8.48. The Bertz CT molecular complexity index is 967. The van der Waals surface area contributed by atoms with Crippen molar-refractivity contribution in [1.82, 2.24) is 0 Å². The third-order valence-corrected chi connectivity index (χ3v) is 3.65. The lowest BCUT2D eigenvalue weighted by Gasteiger charge is -1.91. The summed E-state index contributed by atoms with van der Waals surface area (Å²) in [5, 5.41) is 5.31. The van der Waals surface area contributed by atoms with E-state index in [1.165, 1.54) is 32.9 Å². The third kappa shape index (κ3) is 10.3. The first-order valence-corrected chi connectivity index (χ1v) is 10.7. The normalized spacial score (nSPS) is 9.31. The van der Waals surface area contributed by atoms with Gasteiger partial charge in [0.25, 0.3) is 8.25 Å². The lowest BCUT2D eigenvalue weighted by molar-refractivity contribution is -0.385. The van der Waals surface area contributed by atoms with Crippen molar-refractivity contribution in [2.75, 3.05) is 5.34 Å². The number of hydrogen-bond donors (Lipinski definition) is 0. The number of aromatic amines is 2. The molecule has 2 N–H and O–H groups in total. The zero-order chi connectivity index (χ0) is 21.6. The molecule has 0 spiro atoms. The lowest BCUT2D eigenvalue weighted by Crippen LogP contribution is -2.04. The van der Waals surface area contributed by atoms with Crippen molar-refractivity contribution in [3.8, 4) is 0 Å². The molecule has 0 atom stereocenters. The number of aromatic nitrogens is 2. The highest BCUT2D eigenvalue weighted by molar-refractivity contribution is 7.27. The van der Waals surface area contributed by atoms with Gasteiger partial charge in [0.1, 0.15) is 0 Å². The van der Waals surface area contributed by atoms with E-state index in [1.54, 1.807) is 0 Å². The Balaban J connectivity index is 0.000000222. The molecule has 0 bridgehead atoms. The zero-order valence-corrected chi connectivity index (χ0v) is 18.5. The van der Waals surface area contributed by atoms with Gasteiger partial charge in [-0.15, -0.1) is 23.2 Å². The summed E-state index contributed by atoms with van der Waals surface area (Å²) in [4.78, 5) is 23.3. The van der Waals surface area contributed by atoms with Crippen LogP contribution in [0, 0.1) is 13.8 Å². The van der Waals surface area contributed by atoms with E-state index in [-0.39, 0.29) is 5.34 Å². The van der Waals surface area contributed by atoms with Gasteiger partial charge in [-0.2, -0.15) is 0 Å². The maximum absolute atomic E-state index is 8.48. The highest BCUT2D eigenvalue weighted by Gasteiger charge is 1.96. The number of halogens is 2. The van der Waals surface area contributed by atoms with Gasteiger partial charge in [0.15, 0.2) is 23.8 Å². The molecule has 0 radical (unpaired) electrons. The summed E-state index contributed by atoms with van der Waals surface area (Å²) in [6.07, 6.45) is 4.06. The van der Waals surface area contributed by atoms with Gasteiger partial charge in [-0.05, 0) is 22.9 Å². The van der Waals surface area contributed by atoms with E-state index in [0.29, 0.717) is 0 Å².